The average Bonchev–Trinajstić information content (AvgIpc) is 2.96. The Bertz CT molecular complexity index is 1050. The molecule has 0 aliphatic carbocycles. The summed E-state index contributed by atoms with van der Waals surface area (Å²) in [5.74, 6) is 0.513. The van der Waals surface area contributed by atoms with Crippen molar-refractivity contribution in [3.8, 4) is 6.07 Å². The summed E-state index contributed by atoms with van der Waals surface area (Å²) >= 11 is 0. The Hall–Kier alpha value is -3.86. The van der Waals surface area contributed by atoms with Crippen molar-refractivity contribution in [1.82, 2.24) is 10.2 Å². The first-order chi connectivity index (χ1) is 15.2. The van der Waals surface area contributed by atoms with Gasteiger partial charge in [-0.1, -0.05) is 38.1 Å². The SMILES string of the molecule is CC(C)C[C@@]1(C)N=C(N)N(Cc2ccc(CNC(=O)Nc3ccc(C#N)cc3)cc2)C1=O. The van der Waals surface area contributed by atoms with Crippen molar-refractivity contribution in [3.05, 3.63) is 65.2 Å². The number of urea groups is 1. The van der Waals surface area contributed by atoms with Crippen LogP contribution in [0.15, 0.2) is 53.5 Å². The fraction of sp³-hybridized carbons (Fsp3) is 0.333. The fourth-order valence-electron chi connectivity index (χ4n) is 3.77. The number of nitrogens with one attached hydrogen (secondary N) is 2. The highest BCUT2D eigenvalue weighted by Gasteiger charge is 2.43. The highest BCUT2D eigenvalue weighted by Crippen LogP contribution is 2.29. The molecule has 32 heavy (non-hydrogen) atoms. The van der Waals surface area contributed by atoms with Crippen LogP contribution in [0.4, 0.5) is 10.5 Å². The second-order valence-corrected chi connectivity index (χ2v) is 8.55. The zero-order valence-electron chi connectivity index (χ0n) is 18.6. The highest BCUT2D eigenvalue weighted by atomic mass is 16.2. The second kappa shape index (κ2) is 9.52. The van der Waals surface area contributed by atoms with Crippen LogP contribution in [-0.2, 0) is 17.9 Å². The Morgan fingerprint density at radius 1 is 1.16 bits per heavy atom. The predicted octanol–water partition coefficient (Wildman–Crippen LogP) is 3.34. The van der Waals surface area contributed by atoms with Gasteiger partial charge in [-0.05, 0) is 54.7 Å². The molecule has 1 atom stereocenters. The number of carbonyl (C=O) groups is 2. The number of nitrogens with zero attached hydrogens (tertiary/aromatic N) is 3. The predicted molar refractivity (Wildman–Crippen MR) is 123 cm³/mol. The summed E-state index contributed by atoms with van der Waals surface area (Å²) in [7, 11) is 0. The molecule has 166 valence electrons. The van der Waals surface area contributed by atoms with E-state index in [9.17, 15) is 9.59 Å². The van der Waals surface area contributed by atoms with E-state index >= 15 is 0 Å². The lowest BCUT2D eigenvalue weighted by atomic mass is 9.91. The molecule has 4 N–H and O–H groups in total. The molecule has 2 aromatic rings. The normalized spacial score (nSPS) is 17.8. The van der Waals surface area contributed by atoms with E-state index in [0.29, 0.717) is 36.7 Å². The topological polar surface area (TPSA) is 124 Å². The number of carbonyl (C=O) groups excluding carboxylic acids is 2. The first-order valence-corrected chi connectivity index (χ1v) is 10.5. The molecule has 0 unspecified atom stereocenters. The molecular weight excluding hydrogens is 404 g/mol. The van der Waals surface area contributed by atoms with Gasteiger partial charge in [0, 0.05) is 12.2 Å². The Labute approximate surface area is 188 Å². The molecule has 8 nitrogen and oxygen atoms in total. The summed E-state index contributed by atoms with van der Waals surface area (Å²) in [4.78, 5) is 30.9. The van der Waals surface area contributed by atoms with E-state index in [-0.39, 0.29) is 17.9 Å². The van der Waals surface area contributed by atoms with E-state index in [1.165, 1.54) is 4.90 Å². The quantitative estimate of drug-likeness (QED) is 0.621. The third kappa shape index (κ3) is 5.43. The van der Waals surface area contributed by atoms with Gasteiger partial charge in [0.15, 0.2) is 5.96 Å². The molecule has 8 heteroatoms. The summed E-state index contributed by atoms with van der Waals surface area (Å²) in [6.07, 6.45) is 0.651. The number of nitrogens with two attached hydrogens (primary N) is 1. The Morgan fingerprint density at radius 2 is 1.78 bits per heavy atom. The van der Waals surface area contributed by atoms with Crippen LogP contribution < -0.4 is 16.4 Å². The van der Waals surface area contributed by atoms with Gasteiger partial charge in [0.1, 0.15) is 5.54 Å². The molecule has 0 saturated carbocycles. The van der Waals surface area contributed by atoms with Gasteiger partial charge in [-0.15, -0.1) is 0 Å². The van der Waals surface area contributed by atoms with Crippen molar-refractivity contribution in [2.24, 2.45) is 16.6 Å². The van der Waals surface area contributed by atoms with E-state index in [0.717, 1.165) is 11.1 Å². The van der Waals surface area contributed by atoms with Gasteiger partial charge in [-0.3, -0.25) is 9.69 Å². The summed E-state index contributed by atoms with van der Waals surface area (Å²) < 4.78 is 0. The fourth-order valence-corrected chi connectivity index (χ4v) is 3.77. The van der Waals surface area contributed by atoms with Gasteiger partial charge in [-0.25, -0.2) is 9.79 Å². The van der Waals surface area contributed by atoms with Crippen LogP contribution in [-0.4, -0.2) is 28.3 Å². The minimum Gasteiger partial charge on any atom is -0.369 e. The summed E-state index contributed by atoms with van der Waals surface area (Å²) in [5.41, 5.74) is 8.23. The molecule has 0 radical (unpaired) electrons. The lowest BCUT2D eigenvalue weighted by molar-refractivity contribution is -0.131. The number of anilines is 1. The standard InChI is InChI=1S/C24H28N6O2/c1-16(2)12-24(3)21(31)30(22(26)29-24)15-19-6-4-18(5-7-19)14-27-23(32)28-20-10-8-17(13-25)9-11-20/h4-11,16H,12,14-15H2,1-3H3,(H2,26,29)(H2,27,28,32)/t24-/m1/s1. The van der Waals surface area contributed by atoms with E-state index < -0.39 is 5.54 Å². The molecule has 1 aliphatic rings. The van der Waals surface area contributed by atoms with Gasteiger partial charge in [0.05, 0.1) is 18.2 Å². The van der Waals surface area contributed by atoms with Crippen LogP contribution >= 0.6 is 0 Å². The number of hydrogen-bond acceptors (Lipinski definition) is 5. The zero-order valence-corrected chi connectivity index (χ0v) is 18.6. The molecule has 3 amide bonds. The number of benzene rings is 2. The molecule has 1 heterocycles. The minimum absolute atomic E-state index is 0.0751. The summed E-state index contributed by atoms with van der Waals surface area (Å²) in [6, 6.07) is 16.0. The number of rotatable bonds is 7. The third-order valence-electron chi connectivity index (χ3n) is 5.24. The summed E-state index contributed by atoms with van der Waals surface area (Å²) in [6.45, 7) is 6.66. The third-order valence-corrected chi connectivity index (χ3v) is 5.24. The maximum atomic E-state index is 12.9. The number of hydrogen-bond donors (Lipinski definition) is 3. The van der Waals surface area contributed by atoms with Crippen molar-refractivity contribution in [3.63, 3.8) is 0 Å². The lowest BCUT2D eigenvalue weighted by Crippen LogP contribution is -2.43. The van der Waals surface area contributed by atoms with Crippen molar-refractivity contribution in [2.75, 3.05) is 5.32 Å². The molecular formula is C24H28N6O2. The first kappa shape index (κ1) is 22.8. The molecule has 1 aliphatic heterocycles. The van der Waals surface area contributed by atoms with E-state index in [1.807, 2.05) is 37.3 Å². The highest BCUT2D eigenvalue weighted by molar-refractivity contribution is 6.06. The smallest absolute Gasteiger partial charge is 0.319 e. The Kier molecular flexibility index (Phi) is 6.79. The molecule has 0 bridgehead atoms. The molecule has 0 saturated heterocycles. The van der Waals surface area contributed by atoms with Crippen LogP contribution in [0.2, 0.25) is 0 Å². The number of amides is 3. The van der Waals surface area contributed by atoms with E-state index in [2.05, 4.69) is 29.5 Å². The molecule has 3 rings (SSSR count). The molecule has 0 aromatic heterocycles. The van der Waals surface area contributed by atoms with Crippen LogP contribution in [0.1, 0.15) is 43.9 Å². The second-order valence-electron chi connectivity index (χ2n) is 8.55. The van der Waals surface area contributed by atoms with Crippen molar-refractivity contribution < 1.29 is 9.59 Å². The lowest BCUT2D eigenvalue weighted by Gasteiger charge is -2.23. The monoisotopic (exact) mass is 432 g/mol. The van der Waals surface area contributed by atoms with Gasteiger partial charge in [0.2, 0.25) is 0 Å². The van der Waals surface area contributed by atoms with Crippen molar-refractivity contribution >= 4 is 23.6 Å². The Morgan fingerprint density at radius 3 is 2.38 bits per heavy atom. The molecule has 0 fully saturated rings. The molecule has 2 aromatic carbocycles. The number of aliphatic imine (C=N–C) groups is 1. The number of nitriles is 1. The Balaban J connectivity index is 1.53. The van der Waals surface area contributed by atoms with Crippen molar-refractivity contribution in [2.45, 2.75) is 45.8 Å². The molecule has 0 spiro atoms. The largest absolute Gasteiger partial charge is 0.369 e. The van der Waals surface area contributed by atoms with E-state index in [4.69, 9.17) is 11.0 Å². The average molecular weight is 433 g/mol. The number of guanidine groups is 1. The van der Waals surface area contributed by atoms with E-state index in [1.54, 1.807) is 24.3 Å². The minimum atomic E-state index is -0.801. The van der Waals surface area contributed by atoms with Gasteiger partial charge in [-0.2, -0.15) is 5.26 Å². The van der Waals surface area contributed by atoms with Crippen LogP contribution in [0, 0.1) is 17.2 Å². The maximum absolute atomic E-state index is 12.9. The van der Waals surface area contributed by atoms with Crippen LogP contribution in [0.3, 0.4) is 0 Å². The van der Waals surface area contributed by atoms with Crippen molar-refractivity contribution in [1.29, 1.82) is 5.26 Å². The van der Waals surface area contributed by atoms with Gasteiger partial charge in [0.25, 0.3) is 5.91 Å². The maximum Gasteiger partial charge on any atom is 0.319 e. The first-order valence-electron chi connectivity index (χ1n) is 10.5. The van der Waals surface area contributed by atoms with Gasteiger partial charge >= 0.3 is 6.03 Å². The summed E-state index contributed by atoms with van der Waals surface area (Å²) in [5, 5.41) is 14.3. The van der Waals surface area contributed by atoms with Crippen LogP contribution in [0.25, 0.3) is 0 Å². The zero-order chi connectivity index (χ0) is 23.3. The van der Waals surface area contributed by atoms with Gasteiger partial charge < -0.3 is 16.4 Å². The van der Waals surface area contributed by atoms with Crippen LogP contribution in [0.5, 0.6) is 0 Å².